The van der Waals surface area contributed by atoms with E-state index >= 15 is 0 Å². The van der Waals surface area contributed by atoms with E-state index in [2.05, 4.69) is 15.5 Å². The number of carbonyl (C=O) groups excluding carboxylic acids is 1. The van der Waals surface area contributed by atoms with Crippen molar-refractivity contribution in [3.63, 3.8) is 0 Å². The third-order valence-electron chi connectivity index (χ3n) is 3.45. The molecular weight excluding hydrogens is 341 g/mol. The van der Waals surface area contributed by atoms with Crippen molar-refractivity contribution in [2.75, 3.05) is 11.1 Å². The van der Waals surface area contributed by atoms with E-state index in [1.807, 2.05) is 30.3 Å². The van der Waals surface area contributed by atoms with Crippen LogP contribution in [0.5, 0.6) is 0 Å². The standard InChI is InChI=1S/C18H16FN3O2S/c1-12-7-8-14(19)10-15(12)20-16(23)11-25-18-22-21-17(24-18)9-13-5-3-2-4-6-13/h2-8,10H,9,11H2,1H3,(H,20,23). The van der Waals surface area contributed by atoms with Gasteiger partial charge < -0.3 is 9.73 Å². The fourth-order valence-electron chi connectivity index (χ4n) is 2.18. The largest absolute Gasteiger partial charge is 0.416 e. The Balaban J connectivity index is 1.53. The fourth-order valence-corrected chi connectivity index (χ4v) is 2.76. The van der Waals surface area contributed by atoms with Crippen LogP contribution in [0.15, 0.2) is 58.2 Å². The second-order valence-corrected chi connectivity index (χ2v) is 6.35. The molecule has 1 N–H and O–H groups in total. The van der Waals surface area contributed by atoms with Crippen molar-refractivity contribution in [3.8, 4) is 0 Å². The van der Waals surface area contributed by atoms with Crippen molar-refractivity contribution < 1.29 is 13.6 Å². The molecule has 0 aliphatic heterocycles. The van der Waals surface area contributed by atoms with Gasteiger partial charge in [-0.05, 0) is 30.2 Å². The van der Waals surface area contributed by atoms with Gasteiger partial charge in [0.25, 0.3) is 5.22 Å². The first-order valence-corrected chi connectivity index (χ1v) is 8.64. The van der Waals surface area contributed by atoms with Crippen molar-refractivity contribution in [3.05, 3.63) is 71.4 Å². The number of thioether (sulfide) groups is 1. The summed E-state index contributed by atoms with van der Waals surface area (Å²) < 4.78 is 18.8. The number of hydrogen-bond donors (Lipinski definition) is 1. The number of benzene rings is 2. The molecule has 0 fully saturated rings. The lowest BCUT2D eigenvalue weighted by atomic mass is 10.2. The Morgan fingerprint density at radius 1 is 1.20 bits per heavy atom. The predicted molar refractivity (Wildman–Crippen MR) is 94.0 cm³/mol. The molecule has 2 aromatic carbocycles. The molecule has 1 heterocycles. The highest BCUT2D eigenvalue weighted by Crippen LogP contribution is 2.20. The number of rotatable bonds is 6. The number of anilines is 1. The van der Waals surface area contributed by atoms with Crippen LogP contribution in [0, 0.1) is 12.7 Å². The zero-order chi connectivity index (χ0) is 17.6. The number of aryl methyl sites for hydroxylation is 1. The molecule has 0 aliphatic carbocycles. The topological polar surface area (TPSA) is 68.0 Å². The monoisotopic (exact) mass is 357 g/mol. The predicted octanol–water partition coefficient (Wildman–Crippen LogP) is 3.84. The lowest BCUT2D eigenvalue weighted by Gasteiger charge is -2.07. The molecule has 0 saturated carbocycles. The number of nitrogens with zero attached hydrogens (tertiary/aromatic N) is 2. The maximum absolute atomic E-state index is 13.2. The minimum absolute atomic E-state index is 0.100. The van der Waals surface area contributed by atoms with Gasteiger partial charge in [0, 0.05) is 5.69 Å². The summed E-state index contributed by atoms with van der Waals surface area (Å²) in [5.74, 6) is -0.0595. The molecule has 7 heteroatoms. The molecule has 0 aliphatic rings. The number of aromatic nitrogens is 2. The van der Waals surface area contributed by atoms with Crippen LogP contribution in [0.1, 0.15) is 17.0 Å². The average molecular weight is 357 g/mol. The van der Waals surface area contributed by atoms with E-state index in [9.17, 15) is 9.18 Å². The molecule has 0 atom stereocenters. The van der Waals surface area contributed by atoms with Gasteiger partial charge in [0.15, 0.2) is 0 Å². The zero-order valence-electron chi connectivity index (χ0n) is 13.5. The summed E-state index contributed by atoms with van der Waals surface area (Å²) in [5, 5.41) is 10.9. The first-order valence-electron chi connectivity index (χ1n) is 7.65. The first-order chi connectivity index (χ1) is 12.1. The van der Waals surface area contributed by atoms with Gasteiger partial charge in [0.1, 0.15) is 5.82 Å². The minimum Gasteiger partial charge on any atom is -0.416 e. The summed E-state index contributed by atoms with van der Waals surface area (Å²) in [6, 6.07) is 14.1. The van der Waals surface area contributed by atoms with Crippen molar-refractivity contribution in [2.45, 2.75) is 18.6 Å². The maximum atomic E-state index is 13.2. The van der Waals surface area contributed by atoms with E-state index in [-0.39, 0.29) is 11.7 Å². The molecule has 3 rings (SSSR count). The molecule has 0 bridgehead atoms. The summed E-state index contributed by atoms with van der Waals surface area (Å²) in [4.78, 5) is 12.0. The molecule has 3 aromatic rings. The molecular formula is C18H16FN3O2S. The zero-order valence-corrected chi connectivity index (χ0v) is 14.3. The van der Waals surface area contributed by atoms with Crippen LogP contribution in [0.3, 0.4) is 0 Å². The molecule has 0 radical (unpaired) electrons. The van der Waals surface area contributed by atoms with Crippen LogP contribution in [-0.4, -0.2) is 21.9 Å². The number of hydrogen-bond acceptors (Lipinski definition) is 5. The minimum atomic E-state index is -0.393. The lowest BCUT2D eigenvalue weighted by Crippen LogP contribution is -2.15. The van der Waals surface area contributed by atoms with Crippen LogP contribution in [0.4, 0.5) is 10.1 Å². The summed E-state index contributed by atoms with van der Waals surface area (Å²) in [7, 11) is 0. The molecule has 1 aromatic heterocycles. The fraction of sp³-hybridized carbons (Fsp3) is 0.167. The lowest BCUT2D eigenvalue weighted by molar-refractivity contribution is -0.113. The molecule has 0 saturated heterocycles. The summed E-state index contributed by atoms with van der Waals surface area (Å²) in [6.45, 7) is 1.80. The summed E-state index contributed by atoms with van der Waals surface area (Å²) in [6.07, 6.45) is 0.545. The van der Waals surface area contributed by atoms with Gasteiger partial charge in [0.05, 0.1) is 12.2 Å². The Bertz CT molecular complexity index is 868. The van der Waals surface area contributed by atoms with E-state index in [4.69, 9.17) is 4.42 Å². The van der Waals surface area contributed by atoms with Gasteiger partial charge in [-0.2, -0.15) is 0 Å². The van der Waals surface area contributed by atoms with Crippen molar-refractivity contribution in [1.82, 2.24) is 10.2 Å². The van der Waals surface area contributed by atoms with Crippen molar-refractivity contribution in [2.24, 2.45) is 0 Å². The Labute approximate surface area is 148 Å². The Morgan fingerprint density at radius 2 is 2.00 bits per heavy atom. The Morgan fingerprint density at radius 3 is 2.80 bits per heavy atom. The molecule has 5 nitrogen and oxygen atoms in total. The normalized spacial score (nSPS) is 10.6. The van der Waals surface area contributed by atoms with Crippen molar-refractivity contribution >= 4 is 23.4 Å². The first kappa shape index (κ1) is 17.2. The van der Waals surface area contributed by atoms with Gasteiger partial charge >= 0.3 is 0 Å². The van der Waals surface area contributed by atoms with Gasteiger partial charge in [-0.3, -0.25) is 4.79 Å². The highest BCUT2D eigenvalue weighted by atomic mass is 32.2. The number of amides is 1. The second-order valence-electron chi connectivity index (χ2n) is 5.42. The number of halogens is 1. The van der Waals surface area contributed by atoms with Crippen LogP contribution in [-0.2, 0) is 11.2 Å². The summed E-state index contributed by atoms with van der Waals surface area (Å²) >= 11 is 1.14. The Hall–Kier alpha value is -2.67. The number of nitrogens with one attached hydrogen (secondary N) is 1. The van der Waals surface area contributed by atoms with E-state index in [1.165, 1.54) is 12.1 Å². The van der Waals surface area contributed by atoms with E-state index in [1.54, 1.807) is 13.0 Å². The van der Waals surface area contributed by atoms with Crippen molar-refractivity contribution in [1.29, 1.82) is 0 Å². The van der Waals surface area contributed by atoms with Gasteiger partial charge in [-0.25, -0.2) is 4.39 Å². The van der Waals surface area contributed by atoms with E-state index in [0.717, 1.165) is 22.9 Å². The van der Waals surface area contributed by atoms with E-state index in [0.29, 0.717) is 23.2 Å². The molecule has 1 amide bonds. The van der Waals surface area contributed by atoms with Crippen LogP contribution >= 0.6 is 11.8 Å². The quantitative estimate of drug-likeness (QED) is 0.679. The average Bonchev–Trinajstić information content (AvgIpc) is 3.05. The highest BCUT2D eigenvalue weighted by molar-refractivity contribution is 7.99. The number of carbonyl (C=O) groups is 1. The smallest absolute Gasteiger partial charge is 0.277 e. The van der Waals surface area contributed by atoms with Crippen LogP contribution in [0.25, 0.3) is 0 Å². The second kappa shape index (κ2) is 7.94. The molecule has 25 heavy (non-hydrogen) atoms. The third kappa shape index (κ3) is 4.90. The van der Waals surface area contributed by atoms with Gasteiger partial charge in [-0.15, -0.1) is 10.2 Å². The van der Waals surface area contributed by atoms with E-state index < -0.39 is 5.82 Å². The highest BCUT2D eigenvalue weighted by Gasteiger charge is 2.11. The SMILES string of the molecule is Cc1ccc(F)cc1NC(=O)CSc1nnc(Cc2ccccc2)o1. The maximum Gasteiger partial charge on any atom is 0.277 e. The molecule has 0 spiro atoms. The Kier molecular flexibility index (Phi) is 5.45. The summed E-state index contributed by atoms with van der Waals surface area (Å²) in [5.41, 5.74) is 2.32. The molecule has 128 valence electrons. The third-order valence-corrected chi connectivity index (χ3v) is 4.27. The van der Waals surface area contributed by atoms with Gasteiger partial charge in [-0.1, -0.05) is 48.2 Å². The van der Waals surface area contributed by atoms with Crippen LogP contribution < -0.4 is 5.32 Å². The van der Waals surface area contributed by atoms with Gasteiger partial charge in [0.2, 0.25) is 11.8 Å². The molecule has 0 unspecified atom stereocenters. The van der Waals surface area contributed by atoms with Crippen LogP contribution in [0.2, 0.25) is 0 Å².